The van der Waals surface area contributed by atoms with Gasteiger partial charge in [0.05, 0.1) is 29.3 Å². The summed E-state index contributed by atoms with van der Waals surface area (Å²) < 4.78 is 22.5. The molecule has 120 valence electrons. The lowest BCUT2D eigenvalue weighted by molar-refractivity contribution is 0.414. The predicted octanol–water partition coefficient (Wildman–Crippen LogP) is 2.96. The van der Waals surface area contributed by atoms with Crippen molar-refractivity contribution in [2.24, 2.45) is 0 Å². The quantitative estimate of drug-likeness (QED) is 0.681. The summed E-state index contributed by atoms with van der Waals surface area (Å²) in [6.07, 6.45) is 0. The maximum atomic E-state index is 12.2. The first-order chi connectivity index (χ1) is 11.1. The second kappa shape index (κ2) is 7.01. The van der Waals surface area contributed by atoms with E-state index in [0.29, 0.717) is 17.5 Å². The highest BCUT2D eigenvalue weighted by atomic mass is 32.2. The molecule has 2 heterocycles. The van der Waals surface area contributed by atoms with Gasteiger partial charge in [-0.3, -0.25) is 4.21 Å². The maximum absolute atomic E-state index is 12.2. The van der Waals surface area contributed by atoms with Gasteiger partial charge in [0.25, 0.3) is 5.89 Å². The van der Waals surface area contributed by atoms with Gasteiger partial charge in [-0.15, -0.1) is 11.3 Å². The molecular weight excluding hydrogens is 334 g/mol. The third-order valence-electron chi connectivity index (χ3n) is 3.07. The maximum Gasteiger partial charge on any atom is 0.257 e. The predicted molar refractivity (Wildman–Crippen MR) is 88.7 cm³/mol. The van der Waals surface area contributed by atoms with Gasteiger partial charge in [-0.05, 0) is 31.2 Å². The molecule has 1 atom stereocenters. The van der Waals surface area contributed by atoms with Gasteiger partial charge < -0.3 is 9.26 Å². The summed E-state index contributed by atoms with van der Waals surface area (Å²) in [7, 11) is 0.492. The summed E-state index contributed by atoms with van der Waals surface area (Å²) in [5.41, 5.74) is 1.63. The van der Waals surface area contributed by atoms with E-state index in [2.05, 4.69) is 15.1 Å². The number of aryl methyl sites for hydroxylation is 1. The Hall–Kier alpha value is -2.06. The van der Waals surface area contributed by atoms with Crippen LogP contribution in [0.25, 0.3) is 11.5 Å². The van der Waals surface area contributed by atoms with Gasteiger partial charge in [0, 0.05) is 21.7 Å². The van der Waals surface area contributed by atoms with Crippen molar-refractivity contribution in [3.63, 3.8) is 0 Å². The van der Waals surface area contributed by atoms with Crippen LogP contribution in [-0.4, -0.2) is 26.4 Å². The summed E-state index contributed by atoms with van der Waals surface area (Å²) in [6.45, 7) is 1.93. The van der Waals surface area contributed by atoms with Crippen molar-refractivity contribution in [2.45, 2.75) is 18.4 Å². The molecule has 0 aliphatic heterocycles. The molecule has 0 unspecified atom stereocenters. The molecule has 6 nitrogen and oxygen atoms in total. The number of aromatic nitrogens is 3. The van der Waals surface area contributed by atoms with E-state index in [9.17, 15) is 4.21 Å². The van der Waals surface area contributed by atoms with Gasteiger partial charge in [0.2, 0.25) is 0 Å². The molecule has 3 rings (SSSR count). The zero-order valence-electron chi connectivity index (χ0n) is 12.7. The number of methoxy groups -OCH3 is 1. The van der Waals surface area contributed by atoms with Crippen molar-refractivity contribution < 1.29 is 13.5 Å². The van der Waals surface area contributed by atoms with E-state index in [1.807, 2.05) is 36.6 Å². The van der Waals surface area contributed by atoms with Crippen molar-refractivity contribution in [3.05, 3.63) is 46.2 Å². The molecule has 0 saturated carbocycles. The van der Waals surface area contributed by atoms with E-state index in [4.69, 9.17) is 9.26 Å². The highest BCUT2D eigenvalue weighted by Crippen LogP contribution is 2.21. The zero-order valence-corrected chi connectivity index (χ0v) is 14.3. The minimum atomic E-state index is -1.12. The van der Waals surface area contributed by atoms with Gasteiger partial charge >= 0.3 is 0 Å². The molecule has 23 heavy (non-hydrogen) atoms. The summed E-state index contributed by atoms with van der Waals surface area (Å²) in [6, 6.07) is 7.32. The largest absolute Gasteiger partial charge is 0.497 e. The lowest BCUT2D eigenvalue weighted by Crippen LogP contribution is -2.01. The van der Waals surface area contributed by atoms with E-state index in [1.54, 1.807) is 18.4 Å². The number of ether oxygens (including phenoxy) is 1. The fraction of sp³-hybridized carbons (Fsp3) is 0.267. The molecule has 0 fully saturated rings. The second-order valence-electron chi connectivity index (χ2n) is 4.83. The van der Waals surface area contributed by atoms with Gasteiger partial charge in [-0.25, -0.2) is 4.98 Å². The Kier molecular flexibility index (Phi) is 4.82. The Morgan fingerprint density at radius 1 is 1.22 bits per heavy atom. The molecular formula is C15H15N3O3S2. The fourth-order valence-electron chi connectivity index (χ4n) is 2.00. The molecule has 8 heteroatoms. The number of benzene rings is 1. The summed E-state index contributed by atoms with van der Waals surface area (Å²) in [5, 5.41) is 6.79. The molecule has 0 aliphatic carbocycles. The third-order valence-corrected chi connectivity index (χ3v) is 5.09. The first-order valence-electron chi connectivity index (χ1n) is 6.87. The van der Waals surface area contributed by atoms with Crippen molar-refractivity contribution in [1.82, 2.24) is 15.1 Å². The molecule has 0 N–H and O–H groups in total. The van der Waals surface area contributed by atoms with E-state index >= 15 is 0 Å². The van der Waals surface area contributed by atoms with Gasteiger partial charge in [0.1, 0.15) is 5.75 Å². The molecule has 3 aromatic rings. The highest BCUT2D eigenvalue weighted by molar-refractivity contribution is 7.83. The third kappa shape index (κ3) is 4.02. The Morgan fingerprint density at radius 3 is 2.65 bits per heavy atom. The van der Waals surface area contributed by atoms with Crippen LogP contribution in [0.4, 0.5) is 0 Å². The first kappa shape index (κ1) is 15.8. The standard InChI is InChI=1S/C15H15N3O3S2/c1-10-16-12(7-22-10)8-23(19)9-14-17-15(21-18-14)11-3-5-13(20-2)6-4-11/h3-7H,8-9H2,1-2H3/t23-/m0/s1. The average molecular weight is 349 g/mol. The monoisotopic (exact) mass is 349 g/mol. The van der Waals surface area contributed by atoms with Crippen molar-refractivity contribution in [3.8, 4) is 17.2 Å². The highest BCUT2D eigenvalue weighted by Gasteiger charge is 2.13. The molecule has 0 bridgehead atoms. The lowest BCUT2D eigenvalue weighted by Gasteiger charge is -1.98. The Morgan fingerprint density at radius 2 is 2.00 bits per heavy atom. The molecule has 0 radical (unpaired) electrons. The van der Waals surface area contributed by atoms with Crippen LogP contribution in [0, 0.1) is 6.92 Å². The van der Waals surface area contributed by atoms with E-state index in [0.717, 1.165) is 22.0 Å². The zero-order chi connectivity index (χ0) is 16.2. The molecule has 1 aromatic carbocycles. The molecule has 0 aliphatic rings. The van der Waals surface area contributed by atoms with Crippen molar-refractivity contribution in [1.29, 1.82) is 0 Å². The van der Waals surface area contributed by atoms with E-state index in [-0.39, 0.29) is 5.75 Å². The fourth-order valence-corrected chi connectivity index (χ4v) is 3.70. The molecule has 2 aromatic heterocycles. The number of thiazole rings is 1. The van der Waals surface area contributed by atoms with Crippen LogP contribution in [0.3, 0.4) is 0 Å². The first-order valence-corrected chi connectivity index (χ1v) is 9.24. The minimum Gasteiger partial charge on any atom is -0.497 e. The SMILES string of the molecule is COc1ccc(-c2nc(C[S@@](=O)Cc3csc(C)n3)no2)cc1. The van der Waals surface area contributed by atoms with Crippen LogP contribution in [0.2, 0.25) is 0 Å². The summed E-state index contributed by atoms with van der Waals surface area (Å²) >= 11 is 1.55. The van der Waals surface area contributed by atoms with Crippen molar-refractivity contribution >= 4 is 22.1 Å². The summed E-state index contributed by atoms with van der Waals surface area (Å²) in [4.78, 5) is 8.60. The lowest BCUT2D eigenvalue weighted by atomic mass is 10.2. The number of hydrogen-bond donors (Lipinski definition) is 0. The number of hydrogen-bond acceptors (Lipinski definition) is 7. The van der Waals surface area contributed by atoms with Crippen LogP contribution < -0.4 is 4.74 Å². The smallest absolute Gasteiger partial charge is 0.257 e. The van der Waals surface area contributed by atoms with Crippen LogP contribution in [0.5, 0.6) is 5.75 Å². The Labute approximate surface area is 140 Å². The van der Waals surface area contributed by atoms with Crippen LogP contribution in [0.15, 0.2) is 34.2 Å². The van der Waals surface area contributed by atoms with E-state index in [1.165, 1.54) is 0 Å². The summed E-state index contributed by atoms with van der Waals surface area (Å²) in [5.74, 6) is 2.24. The second-order valence-corrected chi connectivity index (χ2v) is 7.35. The van der Waals surface area contributed by atoms with Crippen molar-refractivity contribution in [2.75, 3.05) is 7.11 Å². The van der Waals surface area contributed by atoms with Gasteiger partial charge in [-0.2, -0.15) is 4.98 Å². The van der Waals surface area contributed by atoms with Gasteiger partial charge in [-0.1, -0.05) is 5.16 Å². The Balaban J connectivity index is 1.65. The number of rotatable bonds is 6. The van der Waals surface area contributed by atoms with Crippen LogP contribution >= 0.6 is 11.3 Å². The number of nitrogens with zero attached hydrogens (tertiary/aromatic N) is 3. The average Bonchev–Trinajstić information content (AvgIpc) is 3.16. The topological polar surface area (TPSA) is 78.1 Å². The van der Waals surface area contributed by atoms with Crippen LogP contribution in [0.1, 0.15) is 16.5 Å². The minimum absolute atomic E-state index is 0.246. The molecule has 0 amide bonds. The van der Waals surface area contributed by atoms with Crippen LogP contribution in [-0.2, 0) is 22.3 Å². The molecule has 0 saturated heterocycles. The molecule has 0 spiro atoms. The normalized spacial score (nSPS) is 12.3. The Bertz CT molecular complexity index is 811. The van der Waals surface area contributed by atoms with Gasteiger partial charge in [0.15, 0.2) is 5.82 Å². The van der Waals surface area contributed by atoms with E-state index < -0.39 is 10.8 Å².